The van der Waals surface area contributed by atoms with E-state index in [1.54, 1.807) is 0 Å². The summed E-state index contributed by atoms with van der Waals surface area (Å²) < 4.78 is 59.2. The summed E-state index contributed by atoms with van der Waals surface area (Å²) in [4.78, 5) is 12.9. The number of ether oxygens (including phenoxy) is 4. The van der Waals surface area contributed by atoms with Crippen molar-refractivity contribution >= 4 is 16.4 Å². The van der Waals surface area contributed by atoms with Crippen molar-refractivity contribution in [3.8, 4) is 0 Å². The van der Waals surface area contributed by atoms with Crippen molar-refractivity contribution in [2.75, 3.05) is 26.4 Å². The molecule has 1 fully saturated rings. The molecule has 6 atom stereocenters. The molecule has 4 N–H and O–H groups in total. The molecule has 0 amide bonds. The largest absolute Gasteiger partial charge is 0.457 e. The van der Waals surface area contributed by atoms with Gasteiger partial charge in [-0.2, -0.15) is 8.42 Å². The van der Waals surface area contributed by atoms with E-state index in [0.29, 0.717) is 13.0 Å². The summed E-state index contributed by atoms with van der Waals surface area (Å²) in [6.45, 7) is 3.86. The van der Waals surface area contributed by atoms with E-state index in [4.69, 9.17) is 18.9 Å². The van der Waals surface area contributed by atoms with Gasteiger partial charge in [0.1, 0.15) is 30.5 Å². The highest BCUT2D eigenvalue weighted by atomic mass is 32.3. The maximum atomic E-state index is 12.9. The number of allylic oxidation sites excluding steroid dienone is 10. The molecule has 0 saturated carbocycles. The van der Waals surface area contributed by atoms with E-state index < -0.39 is 59.8 Å². The number of carbonyl (C=O) groups is 1. The summed E-state index contributed by atoms with van der Waals surface area (Å²) in [5.74, 6) is -0.414. The van der Waals surface area contributed by atoms with Crippen molar-refractivity contribution < 1.29 is 56.2 Å². The average molecular weight is 941 g/mol. The topological polar surface area (TPSA) is 178 Å². The Bertz CT molecular complexity index is 1360. The third kappa shape index (κ3) is 36.5. The van der Waals surface area contributed by atoms with Crippen molar-refractivity contribution in [2.45, 2.75) is 237 Å². The van der Waals surface area contributed by atoms with Crippen molar-refractivity contribution in [3.05, 3.63) is 60.8 Å². The van der Waals surface area contributed by atoms with E-state index in [2.05, 4.69) is 78.8 Å². The van der Waals surface area contributed by atoms with Crippen LogP contribution in [0.2, 0.25) is 0 Å². The minimum atomic E-state index is -5.07. The molecule has 1 rings (SSSR count). The van der Waals surface area contributed by atoms with Crippen LogP contribution in [0.3, 0.4) is 0 Å². The second kappa shape index (κ2) is 43.1. The number of carbonyl (C=O) groups excluding carboxylic acids is 1. The van der Waals surface area contributed by atoms with Gasteiger partial charge in [0.2, 0.25) is 0 Å². The van der Waals surface area contributed by atoms with Gasteiger partial charge in [-0.1, -0.05) is 177 Å². The molecule has 1 aliphatic rings. The van der Waals surface area contributed by atoms with Gasteiger partial charge < -0.3 is 34.3 Å². The Kier molecular flexibility index (Phi) is 40.3. The molecule has 0 aliphatic carbocycles. The first-order valence-electron chi connectivity index (χ1n) is 25.5. The second-order valence-electron chi connectivity index (χ2n) is 17.4. The van der Waals surface area contributed by atoms with E-state index in [0.717, 1.165) is 83.5 Å². The third-order valence-electron chi connectivity index (χ3n) is 11.4. The summed E-state index contributed by atoms with van der Waals surface area (Å²) in [5.41, 5.74) is 0. The van der Waals surface area contributed by atoms with Gasteiger partial charge in [0.15, 0.2) is 6.29 Å². The fraction of sp³-hybridized carbons (Fsp3) is 0.788. The predicted octanol–water partition coefficient (Wildman–Crippen LogP) is 11.7. The Balaban J connectivity index is 2.38. The van der Waals surface area contributed by atoms with E-state index >= 15 is 0 Å². The van der Waals surface area contributed by atoms with Gasteiger partial charge in [0.05, 0.1) is 19.8 Å². The number of unbranched alkanes of at least 4 members (excludes halogenated alkanes) is 21. The third-order valence-corrected chi connectivity index (χ3v) is 11.8. The normalized spacial score (nSPS) is 20.1. The first-order chi connectivity index (χ1) is 31.6. The van der Waals surface area contributed by atoms with Crippen LogP contribution in [-0.4, -0.2) is 97.5 Å². The first kappa shape index (κ1) is 60.8. The molecule has 1 saturated heterocycles. The van der Waals surface area contributed by atoms with Crippen molar-refractivity contribution in [2.24, 2.45) is 0 Å². The first-order valence-corrected chi connectivity index (χ1v) is 26.9. The molecule has 1 aliphatic heterocycles. The molecular weight excluding hydrogens is 849 g/mol. The van der Waals surface area contributed by atoms with Crippen LogP contribution in [0.1, 0.15) is 200 Å². The van der Waals surface area contributed by atoms with E-state index in [-0.39, 0.29) is 19.6 Å². The zero-order chi connectivity index (χ0) is 47.5. The van der Waals surface area contributed by atoms with Crippen LogP contribution in [0.5, 0.6) is 0 Å². The summed E-state index contributed by atoms with van der Waals surface area (Å²) >= 11 is 0. The van der Waals surface area contributed by atoms with Crippen LogP contribution < -0.4 is 0 Å². The van der Waals surface area contributed by atoms with Crippen LogP contribution in [-0.2, 0) is 38.3 Å². The van der Waals surface area contributed by atoms with Gasteiger partial charge in [0, 0.05) is 13.0 Å². The Morgan fingerprint density at radius 1 is 0.600 bits per heavy atom. The molecule has 0 aromatic rings. The summed E-state index contributed by atoms with van der Waals surface area (Å²) in [6, 6.07) is 0. The lowest BCUT2D eigenvalue weighted by Crippen LogP contribution is -2.60. The highest BCUT2D eigenvalue weighted by Crippen LogP contribution is 2.26. The van der Waals surface area contributed by atoms with Gasteiger partial charge in [-0.3, -0.25) is 9.35 Å². The molecule has 0 aromatic carbocycles. The van der Waals surface area contributed by atoms with Gasteiger partial charge in [-0.15, -0.1) is 0 Å². The van der Waals surface area contributed by atoms with Crippen LogP contribution in [0.25, 0.3) is 0 Å². The van der Waals surface area contributed by atoms with Crippen molar-refractivity contribution in [3.63, 3.8) is 0 Å². The maximum absolute atomic E-state index is 12.9. The molecule has 0 bridgehead atoms. The quantitative estimate of drug-likeness (QED) is 0.0197. The highest BCUT2D eigenvalue weighted by molar-refractivity contribution is 7.80. The van der Waals surface area contributed by atoms with Gasteiger partial charge in [-0.25, -0.2) is 4.18 Å². The summed E-state index contributed by atoms with van der Waals surface area (Å²) in [6.07, 6.45) is 45.3. The van der Waals surface area contributed by atoms with E-state index in [9.17, 15) is 33.1 Å². The number of rotatable bonds is 44. The number of aliphatic hydroxyl groups is 3. The Labute approximate surface area is 395 Å². The van der Waals surface area contributed by atoms with E-state index in [1.807, 2.05) is 0 Å². The fourth-order valence-electron chi connectivity index (χ4n) is 7.54. The molecular formula is C52H92O12S. The highest BCUT2D eigenvalue weighted by Gasteiger charge is 2.48. The van der Waals surface area contributed by atoms with Crippen LogP contribution in [0, 0.1) is 0 Å². The lowest BCUT2D eigenvalue weighted by molar-refractivity contribution is -0.301. The molecule has 13 heteroatoms. The van der Waals surface area contributed by atoms with Crippen LogP contribution in [0.4, 0.5) is 0 Å². The summed E-state index contributed by atoms with van der Waals surface area (Å²) in [5, 5.41) is 30.8. The lowest BCUT2D eigenvalue weighted by atomic mass is 9.99. The summed E-state index contributed by atoms with van der Waals surface area (Å²) in [7, 11) is -5.07. The molecule has 0 spiro atoms. The number of aliphatic hydroxyl groups excluding tert-OH is 3. The standard InChI is InChI=1S/C52H92O12S/c1-3-5-7-9-11-13-15-17-19-21-23-25-27-29-31-33-35-37-39-41-48(54)62-46(45-61-52-50(56)51(64-65(57,58)59)49(55)47(43-53)63-52)44-60-42-40-38-36-34-32-30-28-26-24-22-20-18-16-14-12-10-8-6-4-2/h5,7,11,13,17,19-20,22-23,25,46-47,49-53,55-56H,3-4,6,8-10,12,14-16,18,21,24,26-45H2,1-2H3,(H,57,58,59)/b7-5-,13-11-,19-17-,22-20-,25-23-. The molecule has 378 valence electrons. The number of hydrogen-bond donors (Lipinski definition) is 4. The Morgan fingerprint density at radius 2 is 1.06 bits per heavy atom. The Hall–Kier alpha value is -2.20. The van der Waals surface area contributed by atoms with Gasteiger partial charge in [0.25, 0.3) is 0 Å². The number of hydrogen-bond acceptors (Lipinski definition) is 11. The van der Waals surface area contributed by atoms with Crippen molar-refractivity contribution in [1.82, 2.24) is 0 Å². The van der Waals surface area contributed by atoms with Gasteiger partial charge in [-0.05, 0) is 77.0 Å². The van der Waals surface area contributed by atoms with Crippen LogP contribution in [0.15, 0.2) is 60.8 Å². The van der Waals surface area contributed by atoms with Gasteiger partial charge >= 0.3 is 16.4 Å². The van der Waals surface area contributed by atoms with Crippen LogP contribution >= 0.6 is 0 Å². The molecule has 6 unspecified atom stereocenters. The molecule has 0 radical (unpaired) electrons. The smallest absolute Gasteiger partial charge is 0.397 e. The molecule has 0 aromatic heterocycles. The lowest BCUT2D eigenvalue weighted by Gasteiger charge is -2.41. The zero-order valence-corrected chi connectivity index (χ0v) is 41.4. The monoisotopic (exact) mass is 941 g/mol. The molecule has 65 heavy (non-hydrogen) atoms. The second-order valence-corrected chi connectivity index (χ2v) is 18.4. The minimum Gasteiger partial charge on any atom is -0.457 e. The fourth-order valence-corrected chi connectivity index (χ4v) is 8.05. The molecule has 1 heterocycles. The van der Waals surface area contributed by atoms with Crippen molar-refractivity contribution in [1.29, 1.82) is 0 Å². The van der Waals surface area contributed by atoms with E-state index in [1.165, 1.54) is 89.9 Å². The maximum Gasteiger partial charge on any atom is 0.397 e. The zero-order valence-electron chi connectivity index (χ0n) is 40.5. The molecule has 12 nitrogen and oxygen atoms in total. The predicted molar refractivity (Wildman–Crippen MR) is 262 cm³/mol. The average Bonchev–Trinajstić information content (AvgIpc) is 3.28. The number of esters is 1. The SMILES string of the molecule is CC/C=C\C/C=C\C/C=C\C/C=C\CCCCCCCCC(=O)OC(COCCCCCCCCCC/C=C\CCCCCCCCC)COC1OC(CO)C(O)C(OS(=O)(=O)O)C1O. The Morgan fingerprint density at radius 3 is 1.57 bits per heavy atom. The minimum absolute atomic E-state index is 0.0261.